The van der Waals surface area contributed by atoms with Gasteiger partial charge in [0.25, 0.3) is 0 Å². The number of hydrogen-bond acceptors (Lipinski definition) is 3. The van der Waals surface area contributed by atoms with Gasteiger partial charge in [0.15, 0.2) is 0 Å². The quantitative estimate of drug-likeness (QED) is 0.610. The summed E-state index contributed by atoms with van der Waals surface area (Å²) in [7, 11) is -3.36. The van der Waals surface area contributed by atoms with Crippen LogP contribution in [0, 0.1) is 11.8 Å². The number of benzene rings is 1. The van der Waals surface area contributed by atoms with E-state index in [9.17, 15) is 8.42 Å². The summed E-state index contributed by atoms with van der Waals surface area (Å²) < 4.78 is 25.8. The minimum Gasteiger partial charge on any atom is -0.384 e. The summed E-state index contributed by atoms with van der Waals surface area (Å²) in [5, 5.41) is 3.17. The Kier molecular flexibility index (Phi) is 5.69. The summed E-state index contributed by atoms with van der Waals surface area (Å²) in [6.07, 6.45) is 0.772. The van der Waals surface area contributed by atoms with Crippen LogP contribution in [0.5, 0.6) is 0 Å². The molecule has 1 aromatic carbocycles. The van der Waals surface area contributed by atoms with Gasteiger partial charge in [0, 0.05) is 25.2 Å². The molecule has 0 saturated carbocycles. The van der Waals surface area contributed by atoms with Gasteiger partial charge in [-0.2, -0.15) is 0 Å². The average molecular weight is 266 g/mol. The molecule has 2 N–H and O–H groups in total. The van der Waals surface area contributed by atoms with Crippen LogP contribution in [-0.4, -0.2) is 21.5 Å². The van der Waals surface area contributed by atoms with Gasteiger partial charge in [-0.25, -0.2) is 13.1 Å². The first-order chi connectivity index (χ1) is 8.60. The van der Waals surface area contributed by atoms with E-state index in [2.05, 4.69) is 21.9 Å². The molecule has 98 valence electrons. The van der Waals surface area contributed by atoms with Crippen LogP contribution in [0.4, 0.5) is 5.69 Å². The van der Waals surface area contributed by atoms with Crippen molar-refractivity contribution >= 4 is 15.7 Å². The van der Waals surface area contributed by atoms with E-state index in [-0.39, 0.29) is 4.90 Å². The molecule has 0 bridgehead atoms. The predicted molar refractivity (Wildman–Crippen MR) is 73.9 cm³/mol. The molecule has 18 heavy (non-hydrogen) atoms. The van der Waals surface area contributed by atoms with E-state index < -0.39 is 10.0 Å². The van der Waals surface area contributed by atoms with Crippen LogP contribution in [0.2, 0.25) is 0 Å². The first kappa shape index (κ1) is 14.6. The van der Waals surface area contributed by atoms with Gasteiger partial charge in [0.05, 0.1) is 4.90 Å². The second-order valence-electron chi connectivity index (χ2n) is 3.63. The molecule has 0 unspecified atom stereocenters. The lowest BCUT2D eigenvalue weighted by atomic mass is 10.3. The smallest absolute Gasteiger partial charge is 0.240 e. The van der Waals surface area contributed by atoms with Crippen molar-refractivity contribution in [2.45, 2.75) is 25.2 Å². The number of anilines is 1. The Morgan fingerprint density at radius 2 is 1.89 bits per heavy atom. The Morgan fingerprint density at radius 3 is 2.44 bits per heavy atom. The highest BCUT2D eigenvalue weighted by Crippen LogP contribution is 2.13. The maximum atomic E-state index is 11.7. The summed E-state index contributed by atoms with van der Waals surface area (Å²) in [6.45, 7) is 4.70. The van der Waals surface area contributed by atoms with E-state index >= 15 is 0 Å². The molecule has 0 atom stereocenters. The van der Waals surface area contributed by atoms with Gasteiger partial charge in [-0.3, -0.25) is 0 Å². The van der Waals surface area contributed by atoms with Crippen LogP contribution >= 0.6 is 0 Å². The first-order valence-electron chi connectivity index (χ1n) is 5.83. The van der Waals surface area contributed by atoms with Crippen molar-refractivity contribution in [2.24, 2.45) is 0 Å². The zero-order chi connectivity index (χ0) is 13.4. The van der Waals surface area contributed by atoms with Gasteiger partial charge in [-0.05, 0) is 31.2 Å². The minimum absolute atomic E-state index is 0.281. The summed E-state index contributed by atoms with van der Waals surface area (Å²) in [5.74, 6) is 5.77. The third-order valence-electron chi connectivity index (χ3n) is 2.25. The fraction of sp³-hybridized carbons (Fsp3) is 0.385. The highest BCUT2D eigenvalue weighted by Gasteiger charge is 2.11. The summed E-state index contributed by atoms with van der Waals surface area (Å²) in [6, 6.07) is 6.69. The maximum Gasteiger partial charge on any atom is 0.240 e. The Morgan fingerprint density at radius 1 is 1.22 bits per heavy atom. The van der Waals surface area contributed by atoms with Crippen molar-refractivity contribution in [3.8, 4) is 11.8 Å². The molecule has 0 amide bonds. The van der Waals surface area contributed by atoms with E-state index in [1.54, 1.807) is 38.1 Å². The van der Waals surface area contributed by atoms with Gasteiger partial charge in [-0.1, -0.05) is 6.92 Å². The number of hydrogen-bond donors (Lipinski definition) is 2. The zero-order valence-corrected chi connectivity index (χ0v) is 11.5. The average Bonchev–Trinajstić information content (AvgIpc) is 2.35. The van der Waals surface area contributed by atoms with Crippen LogP contribution in [0.25, 0.3) is 0 Å². The Bertz CT molecular complexity index is 524. The van der Waals surface area contributed by atoms with Crippen LogP contribution in [-0.2, 0) is 10.0 Å². The van der Waals surface area contributed by atoms with Crippen LogP contribution in [0.1, 0.15) is 20.3 Å². The molecule has 0 fully saturated rings. The molecule has 5 heteroatoms. The van der Waals surface area contributed by atoms with E-state index in [0.29, 0.717) is 6.54 Å². The van der Waals surface area contributed by atoms with Crippen molar-refractivity contribution in [1.82, 2.24) is 4.72 Å². The molecule has 1 rings (SSSR count). The van der Waals surface area contributed by atoms with Crippen LogP contribution in [0.3, 0.4) is 0 Å². The van der Waals surface area contributed by atoms with Gasteiger partial charge >= 0.3 is 0 Å². The van der Waals surface area contributed by atoms with Gasteiger partial charge in [0.2, 0.25) is 10.0 Å². The highest BCUT2D eigenvalue weighted by atomic mass is 32.2. The van der Waals surface area contributed by atoms with Crippen molar-refractivity contribution in [3.05, 3.63) is 24.3 Å². The van der Waals surface area contributed by atoms with Gasteiger partial charge in [0.1, 0.15) is 0 Å². The zero-order valence-electron chi connectivity index (χ0n) is 10.7. The van der Waals surface area contributed by atoms with Crippen molar-refractivity contribution in [3.63, 3.8) is 0 Å². The number of nitrogens with one attached hydrogen (secondary N) is 2. The summed E-state index contributed by atoms with van der Waals surface area (Å²) >= 11 is 0. The molecule has 1 aromatic rings. The third-order valence-corrected chi connectivity index (χ3v) is 3.82. The summed E-state index contributed by atoms with van der Waals surface area (Å²) in [4.78, 5) is 0.281. The van der Waals surface area contributed by atoms with Crippen LogP contribution < -0.4 is 10.0 Å². The van der Waals surface area contributed by atoms with Crippen molar-refractivity contribution < 1.29 is 8.42 Å². The van der Waals surface area contributed by atoms with Gasteiger partial charge < -0.3 is 5.32 Å². The van der Waals surface area contributed by atoms with Crippen molar-refractivity contribution in [2.75, 3.05) is 18.4 Å². The second kappa shape index (κ2) is 7.04. The molecule has 0 aliphatic rings. The topological polar surface area (TPSA) is 58.2 Å². The molecular formula is C13H18N2O2S. The Hall–Kier alpha value is -1.51. The molecule has 0 saturated heterocycles. The molecule has 0 aliphatic carbocycles. The molecular weight excluding hydrogens is 248 g/mol. The molecule has 0 spiro atoms. The van der Waals surface area contributed by atoms with Gasteiger partial charge in [-0.15, -0.1) is 11.8 Å². The predicted octanol–water partition coefficient (Wildman–Crippen LogP) is 1.81. The Balaban J connectivity index is 2.64. The standard InChI is InChI=1S/C13H18N2O2S/c1-3-5-6-11-14-12-7-9-13(10-8-12)18(16,17)15-4-2/h7-10,14-15H,4,6,11H2,1-2H3. The lowest BCUT2D eigenvalue weighted by Crippen LogP contribution is -2.23. The van der Waals surface area contributed by atoms with E-state index in [1.165, 1.54) is 0 Å². The molecule has 0 radical (unpaired) electrons. The monoisotopic (exact) mass is 266 g/mol. The molecule has 0 aliphatic heterocycles. The van der Waals surface area contributed by atoms with Crippen LogP contribution in [0.15, 0.2) is 29.2 Å². The molecule has 0 aromatic heterocycles. The Labute approximate surface area is 109 Å². The molecule has 0 heterocycles. The maximum absolute atomic E-state index is 11.7. The highest BCUT2D eigenvalue weighted by molar-refractivity contribution is 7.89. The van der Waals surface area contributed by atoms with E-state index in [0.717, 1.165) is 18.7 Å². The fourth-order valence-electron chi connectivity index (χ4n) is 1.42. The lowest BCUT2D eigenvalue weighted by Gasteiger charge is -2.07. The SMILES string of the molecule is CC#CCCNc1ccc(S(=O)(=O)NCC)cc1. The summed E-state index contributed by atoms with van der Waals surface area (Å²) in [5.41, 5.74) is 0.892. The lowest BCUT2D eigenvalue weighted by molar-refractivity contribution is 0.584. The molecule has 4 nitrogen and oxygen atoms in total. The normalized spacial score (nSPS) is 10.6. The number of rotatable bonds is 6. The van der Waals surface area contributed by atoms with Crippen molar-refractivity contribution in [1.29, 1.82) is 0 Å². The fourth-order valence-corrected chi connectivity index (χ4v) is 2.46. The van der Waals surface area contributed by atoms with E-state index in [4.69, 9.17) is 0 Å². The first-order valence-corrected chi connectivity index (χ1v) is 7.31. The third kappa shape index (κ3) is 4.40. The second-order valence-corrected chi connectivity index (χ2v) is 5.40. The largest absolute Gasteiger partial charge is 0.384 e. The van der Waals surface area contributed by atoms with E-state index in [1.807, 2.05) is 0 Å². The minimum atomic E-state index is -3.36. The number of sulfonamides is 1.